The molecule has 0 aliphatic carbocycles. The van der Waals surface area contributed by atoms with Crippen molar-refractivity contribution < 1.29 is 20.4 Å². The predicted octanol–water partition coefficient (Wildman–Crippen LogP) is 1.43. The van der Waals surface area contributed by atoms with Crippen LogP contribution in [0.15, 0.2) is 48.5 Å². The van der Waals surface area contributed by atoms with Gasteiger partial charge in [-0.05, 0) is 24.3 Å². The van der Waals surface area contributed by atoms with Crippen molar-refractivity contribution in [3.63, 3.8) is 0 Å². The lowest BCUT2D eigenvalue weighted by Gasteiger charge is -2.41. The van der Waals surface area contributed by atoms with Crippen LogP contribution in [0.5, 0.6) is 23.0 Å². The molecule has 32 heavy (non-hydrogen) atoms. The Labute approximate surface area is 190 Å². The fourth-order valence-corrected chi connectivity index (χ4v) is 4.02. The van der Waals surface area contributed by atoms with Crippen molar-refractivity contribution in [1.82, 2.24) is 19.6 Å². The third-order valence-electron chi connectivity index (χ3n) is 6.05. The molecule has 0 atom stereocenters. The molecular formula is C24H36N4O4. The summed E-state index contributed by atoms with van der Waals surface area (Å²) < 4.78 is 0. The second-order valence-electron chi connectivity index (χ2n) is 8.41. The predicted molar refractivity (Wildman–Crippen MR) is 125 cm³/mol. The van der Waals surface area contributed by atoms with Crippen LogP contribution in [0.3, 0.4) is 0 Å². The van der Waals surface area contributed by atoms with Crippen LogP contribution < -0.4 is 0 Å². The number of hydrogen-bond donors (Lipinski definition) is 4. The Morgan fingerprint density at radius 1 is 0.375 bits per heavy atom. The number of aromatic hydroxyl groups is 4. The highest BCUT2D eigenvalue weighted by Crippen LogP contribution is 2.15. The maximum Gasteiger partial charge on any atom is 0.119 e. The van der Waals surface area contributed by atoms with Crippen molar-refractivity contribution in [2.45, 2.75) is 0 Å². The van der Waals surface area contributed by atoms with Gasteiger partial charge in [0, 0.05) is 90.7 Å². The first-order valence-electron chi connectivity index (χ1n) is 11.3. The van der Waals surface area contributed by atoms with E-state index in [2.05, 4.69) is 19.6 Å². The van der Waals surface area contributed by atoms with E-state index in [1.165, 1.54) is 115 Å². The van der Waals surface area contributed by atoms with E-state index in [1.54, 1.807) is 12.1 Å². The summed E-state index contributed by atoms with van der Waals surface area (Å²) in [7, 11) is 0. The monoisotopic (exact) mass is 444 g/mol. The summed E-state index contributed by atoms with van der Waals surface area (Å²) in [5.41, 5.74) is 0. The van der Waals surface area contributed by atoms with E-state index < -0.39 is 0 Å². The van der Waals surface area contributed by atoms with Crippen LogP contribution in [0, 0.1) is 0 Å². The molecule has 8 rings (SSSR count). The molecule has 0 unspecified atom stereocenters. The smallest absolute Gasteiger partial charge is 0.119 e. The average molecular weight is 445 g/mol. The SMILES string of the molecule is C1CN2CCN1CC2.C1CN2CCN1CC2.Oc1cccc(O)c1.Oc1cccc(O)c1. The Kier molecular flexibility index (Phi) is 9.43. The quantitative estimate of drug-likeness (QED) is 0.485. The molecule has 4 N–H and O–H groups in total. The largest absolute Gasteiger partial charge is 0.508 e. The Bertz CT molecular complexity index is 658. The van der Waals surface area contributed by atoms with E-state index >= 15 is 0 Å². The molecule has 8 nitrogen and oxygen atoms in total. The van der Waals surface area contributed by atoms with Gasteiger partial charge < -0.3 is 20.4 Å². The molecule has 0 spiro atoms. The number of phenolic OH excluding ortho intramolecular Hbond substituents is 4. The minimum Gasteiger partial charge on any atom is -0.508 e. The molecule has 0 saturated carbocycles. The van der Waals surface area contributed by atoms with Crippen LogP contribution in [0.2, 0.25) is 0 Å². The minimum atomic E-state index is 0.0880. The average Bonchev–Trinajstić information content (AvgIpc) is 2.83. The maximum absolute atomic E-state index is 8.65. The van der Waals surface area contributed by atoms with Crippen LogP contribution in [-0.2, 0) is 0 Å². The van der Waals surface area contributed by atoms with Gasteiger partial charge in [0.25, 0.3) is 0 Å². The lowest BCUT2D eigenvalue weighted by atomic mass is 10.2. The lowest BCUT2D eigenvalue weighted by molar-refractivity contribution is 0.0647. The summed E-state index contributed by atoms with van der Waals surface area (Å²) in [6.45, 7) is 15.8. The third-order valence-corrected chi connectivity index (χ3v) is 6.05. The van der Waals surface area contributed by atoms with E-state index in [-0.39, 0.29) is 23.0 Å². The molecule has 8 heteroatoms. The zero-order valence-corrected chi connectivity index (χ0v) is 18.7. The van der Waals surface area contributed by atoms with Crippen LogP contribution in [0.25, 0.3) is 0 Å². The Hall–Kier alpha value is -2.52. The molecule has 6 fully saturated rings. The molecule has 2 aromatic carbocycles. The van der Waals surface area contributed by atoms with Gasteiger partial charge in [0.15, 0.2) is 0 Å². The first-order chi connectivity index (χ1) is 15.5. The first-order valence-corrected chi connectivity index (χ1v) is 11.3. The van der Waals surface area contributed by atoms with E-state index in [1.807, 2.05) is 0 Å². The molecule has 6 aliphatic rings. The zero-order valence-electron chi connectivity index (χ0n) is 18.7. The maximum atomic E-state index is 8.65. The highest BCUT2D eigenvalue weighted by atomic mass is 16.3. The van der Waals surface area contributed by atoms with Gasteiger partial charge in [0.2, 0.25) is 0 Å². The molecular weight excluding hydrogens is 408 g/mol. The minimum absolute atomic E-state index is 0.0880. The number of benzene rings is 2. The van der Waals surface area contributed by atoms with Crippen molar-refractivity contribution in [2.75, 3.05) is 78.5 Å². The summed E-state index contributed by atoms with van der Waals surface area (Å²) >= 11 is 0. The summed E-state index contributed by atoms with van der Waals surface area (Å²) in [6.07, 6.45) is 0. The molecule has 6 aliphatic heterocycles. The van der Waals surface area contributed by atoms with Gasteiger partial charge in [-0.1, -0.05) is 12.1 Å². The second-order valence-corrected chi connectivity index (χ2v) is 8.41. The molecule has 0 radical (unpaired) electrons. The number of nitrogens with zero attached hydrogens (tertiary/aromatic N) is 4. The second kappa shape index (κ2) is 12.5. The van der Waals surface area contributed by atoms with Gasteiger partial charge in [0.05, 0.1) is 0 Å². The first kappa shape index (κ1) is 24.1. The standard InChI is InChI=1S/2C6H12N2.2C6H6O2/c2*1-2-8-5-3-7(1)4-6-8;2*7-5-2-1-3-6(8)4-5/h2*1-6H2;2*1-4,7-8H. The van der Waals surface area contributed by atoms with Gasteiger partial charge in [-0.25, -0.2) is 0 Å². The van der Waals surface area contributed by atoms with Gasteiger partial charge in [0.1, 0.15) is 23.0 Å². The molecule has 0 amide bonds. The number of hydrogen-bond acceptors (Lipinski definition) is 8. The van der Waals surface area contributed by atoms with E-state index in [0.29, 0.717) is 0 Å². The summed E-state index contributed by atoms with van der Waals surface area (Å²) in [4.78, 5) is 10.2. The molecule has 6 saturated heterocycles. The summed E-state index contributed by atoms with van der Waals surface area (Å²) in [6, 6.07) is 11.7. The van der Waals surface area contributed by atoms with Gasteiger partial charge in [-0.15, -0.1) is 0 Å². The van der Waals surface area contributed by atoms with Crippen LogP contribution in [-0.4, -0.2) is 119 Å². The number of rotatable bonds is 0. The number of piperazine rings is 6. The van der Waals surface area contributed by atoms with E-state index in [4.69, 9.17) is 20.4 Å². The molecule has 6 heterocycles. The highest BCUT2D eigenvalue weighted by Gasteiger charge is 2.22. The normalized spacial score (nSPS) is 27.0. The summed E-state index contributed by atoms with van der Waals surface area (Å²) in [5.74, 6) is 0.352. The molecule has 176 valence electrons. The molecule has 0 aromatic heterocycles. The Balaban J connectivity index is 0.000000120. The van der Waals surface area contributed by atoms with Crippen LogP contribution >= 0.6 is 0 Å². The number of fused-ring (bicyclic) bond motifs is 6. The molecule has 4 bridgehead atoms. The van der Waals surface area contributed by atoms with Gasteiger partial charge >= 0.3 is 0 Å². The number of phenols is 4. The third kappa shape index (κ3) is 8.55. The van der Waals surface area contributed by atoms with Crippen molar-refractivity contribution in [1.29, 1.82) is 0 Å². The highest BCUT2D eigenvalue weighted by molar-refractivity contribution is 5.30. The summed E-state index contributed by atoms with van der Waals surface area (Å²) in [5, 5.41) is 34.6. The van der Waals surface area contributed by atoms with Crippen molar-refractivity contribution in [2.24, 2.45) is 0 Å². The Morgan fingerprint density at radius 2 is 0.562 bits per heavy atom. The Morgan fingerprint density at radius 3 is 0.656 bits per heavy atom. The topological polar surface area (TPSA) is 93.9 Å². The van der Waals surface area contributed by atoms with Crippen LogP contribution in [0.1, 0.15) is 0 Å². The van der Waals surface area contributed by atoms with Gasteiger partial charge in [-0.3, -0.25) is 19.6 Å². The van der Waals surface area contributed by atoms with Crippen molar-refractivity contribution >= 4 is 0 Å². The zero-order chi connectivity index (χ0) is 22.8. The fourth-order valence-electron chi connectivity index (χ4n) is 4.02. The van der Waals surface area contributed by atoms with Crippen molar-refractivity contribution in [3.05, 3.63) is 48.5 Å². The molecule has 2 aromatic rings. The van der Waals surface area contributed by atoms with Crippen LogP contribution in [0.4, 0.5) is 0 Å². The van der Waals surface area contributed by atoms with Crippen molar-refractivity contribution in [3.8, 4) is 23.0 Å². The van der Waals surface area contributed by atoms with E-state index in [0.717, 1.165) is 0 Å². The fraction of sp³-hybridized carbons (Fsp3) is 0.500. The van der Waals surface area contributed by atoms with Gasteiger partial charge in [-0.2, -0.15) is 0 Å². The van der Waals surface area contributed by atoms with E-state index in [9.17, 15) is 0 Å². The lowest BCUT2D eigenvalue weighted by Crippen LogP contribution is -2.55.